The fourth-order valence-corrected chi connectivity index (χ4v) is 4.42. The Morgan fingerprint density at radius 3 is 2.48 bits per heavy atom. The van der Waals surface area contributed by atoms with Crippen molar-refractivity contribution in [1.29, 1.82) is 0 Å². The molecule has 9 nitrogen and oxygen atoms in total. The molecular formula is C18H31IN6O3S. The molecule has 0 atom stereocenters. The van der Waals surface area contributed by atoms with Gasteiger partial charge in [0.05, 0.1) is 5.41 Å². The van der Waals surface area contributed by atoms with E-state index in [-0.39, 0.29) is 41.3 Å². The van der Waals surface area contributed by atoms with Gasteiger partial charge in [-0.15, -0.1) is 24.0 Å². The van der Waals surface area contributed by atoms with Crippen LogP contribution in [0.5, 0.6) is 0 Å². The third-order valence-electron chi connectivity index (χ3n) is 4.89. The lowest BCUT2D eigenvalue weighted by atomic mass is 9.84. The average molecular weight is 538 g/mol. The van der Waals surface area contributed by atoms with Gasteiger partial charge < -0.3 is 15.5 Å². The fraction of sp³-hybridized carbons (Fsp3) is 0.611. The van der Waals surface area contributed by atoms with Gasteiger partial charge in [0.15, 0.2) is 5.96 Å². The predicted molar refractivity (Wildman–Crippen MR) is 124 cm³/mol. The summed E-state index contributed by atoms with van der Waals surface area (Å²) in [6, 6.07) is 3.07. The summed E-state index contributed by atoms with van der Waals surface area (Å²) < 4.78 is 26.8. The van der Waals surface area contributed by atoms with Crippen LogP contribution >= 0.6 is 24.0 Å². The van der Waals surface area contributed by atoms with Gasteiger partial charge >= 0.3 is 0 Å². The van der Waals surface area contributed by atoms with Gasteiger partial charge in [-0.05, 0) is 25.0 Å². The van der Waals surface area contributed by atoms with Gasteiger partial charge in [-0.3, -0.25) is 14.8 Å². The molecule has 1 fully saturated rings. The monoisotopic (exact) mass is 538 g/mol. The van der Waals surface area contributed by atoms with Gasteiger partial charge in [-0.25, -0.2) is 13.1 Å². The number of aromatic nitrogens is 1. The second-order valence-electron chi connectivity index (χ2n) is 7.13. The van der Waals surface area contributed by atoms with Crippen LogP contribution in [0.2, 0.25) is 0 Å². The van der Waals surface area contributed by atoms with Crippen LogP contribution in [0, 0.1) is 5.41 Å². The Balaban J connectivity index is 0.00000420. The lowest BCUT2D eigenvalue weighted by Crippen LogP contribution is -2.50. The van der Waals surface area contributed by atoms with Crippen molar-refractivity contribution in [2.75, 3.05) is 40.8 Å². The van der Waals surface area contributed by atoms with Crippen molar-refractivity contribution in [2.45, 2.75) is 30.6 Å². The first-order chi connectivity index (χ1) is 13.3. The van der Waals surface area contributed by atoms with Crippen LogP contribution in [-0.2, 0) is 14.8 Å². The second kappa shape index (κ2) is 11.6. The molecule has 1 saturated carbocycles. The Morgan fingerprint density at radius 1 is 1.24 bits per heavy atom. The van der Waals surface area contributed by atoms with Crippen molar-refractivity contribution >= 4 is 45.9 Å². The summed E-state index contributed by atoms with van der Waals surface area (Å²) in [7, 11) is 1.62. The van der Waals surface area contributed by atoms with Crippen molar-refractivity contribution < 1.29 is 13.2 Å². The minimum Gasteiger partial charge on any atom is -0.355 e. The summed E-state index contributed by atoms with van der Waals surface area (Å²) in [4.78, 5) is 22.4. The average Bonchev–Trinajstić information content (AvgIpc) is 3.17. The standard InChI is InChI=1S/C18H30N6O3S.HI/c1-19-17(22-14-18(8-4-5-9-18)16(25)24(2)3)21-11-12-23-28(26,27)15-7-6-10-20-13-15;/h6-7,10,13,23H,4-5,8-9,11-12,14H2,1-3H3,(H2,19,21,22);1H. The first kappa shape index (κ1) is 25.6. The smallest absolute Gasteiger partial charge is 0.242 e. The molecule has 3 N–H and O–H groups in total. The molecule has 0 bridgehead atoms. The molecule has 0 radical (unpaired) electrons. The highest BCUT2D eigenvalue weighted by Gasteiger charge is 2.42. The molecule has 1 amide bonds. The summed E-state index contributed by atoms with van der Waals surface area (Å²) in [5, 5.41) is 6.30. The van der Waals surface area contributed by atoms with Gasteiger partial charge in [-0.2, -0.15) is 0 Å². The lowest BCUT2D eigenvalue weighted by molar-refractivity contribution is -0.138. The molecule has 0 spiro atoms. The summed E-state index contributed by atoms with van der Waals surface area (Å²) in [6.45, 7) is 1.05. The molecule has 0 aromatic carbocycles. The van der Waals surface area contributed by atoms with E-state index in [9.17, 15) is 13.2 Å². The number of halogens is 1. The van der Waals surface area contributed by atoms with E-state index in [0.29, 0.717) is 19.0 Å². The molecule has 29 heavy (non-hydrogen) atoms. The number of carbonyl (C=O) groups is 1. The van der Waals surface area contributed by atoms with Crippen LogP contribution in [0.4, 0.5) is 0 Å². The molecular weight excluding hydrogens is 507 g/mol. The normalized spacial score (nSPS) is 16.0. The van der Waals surface area contributed by atoms with Crippen LogP contribution in [0.25, 0.3) is 0 Å². The highest BCUT2D eigenvalue weighted by Crippen LogP contribution is 2.38. The van der Waals surface area contributed by atoms with Crippen molar-refractivity contribution in [3.63, 3.8) is 0 Å². The number of hydrogen-bond donors (Lipinski definition) is 3. The summed E-state index contributed by atoms with van der Waals surface area (Å²) in [5.74, 6) is 0.676. The SMILES string of the molecule is CN=C(NCCNS(=O)(=O)c1cccnc1)NCC1(C(=O)N(C)C)CCCC1.I. The van der Waals surface area contributed by atoms with E-state index >= 15 is 0 Å². The Kier molecular flexibility index (Phi) is 10.3. The fourth-order valence-electron chi connectivity index (χ4n) is 3.42. The number of aliphatic imine (C=N–C) groups is 1. The van der Waals surface area contributed by atoms with Gasteiger partial charge in [0.2, 0.25) is 15.9 Å². The van der Waals surface area contributed by atoms with E-state index in [2.05, 4.69) is 25.3 Å². The molecule has 1 aromatic rings. The number of rotatable bonds is 8. The van der Waals surface area contributed by atoms with Gasteiger partial charge in [-0.1, -0.05) is 12.8 Å². The third kappa shape index (κ3) is 7.07. The Hall–Kier alpha value is -1.47. The first-order valence-corrected chi connectivity index (χ1v) is 10.8. The number of sulfonamides is 1. The zero-order chi connectivity index (χ0) is 20.6. The maximum absolute atomic E-state index is 12.6. The molecule has 164 valence electrons. The molecule has 0 aliphatic heterocycles. The second-order valence-corrected chi connectivity index (χ2v) is 8.89. The van der Waals surface area contributed by atoms with Crippen LogP contribution in [0.3, 0.4) is 0 Å². The molecule has 1 heterocycles. The predicted octanol–water partition coefficient (Wildman–Crippen LogP) is 0.792. The van der Waals surface area contributed by atoms with Crippen molar-refractivity contribution in [3.8, 4) is 0 Å². The maximum Gasteiger partial charge on any atom is 0.242 e. The number of nitrogens with one attached hydrogen (secondary N) is 3. The van der Waals surface area contributed by atoms with E-state index < -0.39 is 15.4 Å². The van der Waals surface area contributed by atoms with E-state index in [1.807, 2.05) is 0 Å². The third-order valence-corrected chi connectivity index (χ3v) is 6.34. The van der Waals surface area contributed by atoms with E-state index in [1.165, 1.54) is 18.5 Å². The Bertz CT molecular complexity index is 780. The van der Waals surface area contributed by atoms with Crippen LogP contribution < -0.4 is 15.4 Å². The van der Waals surface area contributed by atoms with Crippen LogP contribution in [0.1, 0.15) is 25.7 Å². The summed E-state index contributed by atoms with van der Waals surface area (Å²) in [5.41, 5.74) is -0.400. The number of hydrogen-bond acceptors (Lipinski definition) is 5. The molecule has 1 aliphatic rings. The highest BCUT2D eigenvalue weighted by atomic mass is 127. The van der Waals surface area contributed by atoms with Gasteiger partial charge in [0.25, 0.3) is 0 Å². The summed E-state index contributed by atoms with van der Waals surface area (Å²) in [6.07, 6.45) is 6.64. The Morgan fingerprint density at radius 2 is 1.93 bits per heavy atom. The minimum atomic E-state index is -3.58. The molecule has 1 aromatic heterocycles. The molecule has 1 aliphatic carbocycles. The number of pyridine rings is 1. The number of amides is 1. The molecule has 0 unspecified atom stereocenters. The first-order valence-electron chi connectivity index (χ1n) is 9.37. The van der Waals surface area contributed by atoms with Crippen LogP contribution in [0.15, 0.2) is 34.4 Å². The van der Waals surface area contributed by atoms with E-state index in [0.717, 1.165) is 25.7 Å². The van der Waals surface area contributed by atoms with Crippen LogP contribution in [-0.4, -0.2) is 70.9 Å². The summed E-state index contributed by atoms with van der Waals surface area (Å²) >= 11 is 0. The number of nitrogens with zero attached hydrogens (tertiary/aromatic N) is 3. The Labute approximate surface area is 190 Å². The van der Waals surface area contributed by atoms with Crippen molar-refractivity contribution in [2.24, 2.45) is 10.4 Å². The number of guanidine groups is 1. The topological polar surface area (TPSA) is 116 Å². The van der Waals surface area contributed by atoms with Gasteiger partial charge in [0, 0.05) is 53.2 Å². The maximum atomic E-state index is 12.6. The highest BCUT2D eigenvalue weighted by molar-refractivity contribution is 14.0. The molecule has 0 saturated heterocycles. The van der Waals surface area contributed by atoms with Crippen molar-refractivity contribution in [1.82, 2.24) is 25.2 Å². The van der Waals surface area contributed by atoms with E-state index in [4.69, 9.17) is 0 Å². The zero-order valence-electron chi connectivity index (χ0n) is 17.1. The van der Waals surface area contributed by atoms with E-state index in [1.54, 1.807) is 32.1 Å². The van der Waals surface area contributed by atoms with Crippen molar-refractivity contribution in [3.05, 3.63) is 24.5 Å². The lowest BCUT2D eigenvalue weighted by Gasteiger charge is -2.31. The number of carbonyl (C=O) groups excluding carboxylic acids is 1. The van der Waals surface area contributed by atoms with Gasteiger partial charge in [0.1, 0.15) is 4.90 Å². The minimum absolute atomic E-state index is 0. The zero-order valence-corrected chi connectivity index (χ0v) is 20.3. The largest absolute Gasteiger partial charge is 0.355 e. The quantitative estimate of drug-likeness (QED) is 0.195. The molecule has 2 rings (SSSR count). The molecule has 11 heteroatoms.